The molecule has 0 radical (unpaired) electrons. The molecule has 4 rings (SSSR count). The van der Waals surface area contributed by atoms with E-state index in [-0.39, 0.29) is 5.69 Å². The molecule has 1 aliphatic rings. The van der Waals surface area contributed by atoms with E-state index < -0.39 is 26.6 Å². The monoisotopic (exact) mass is 444 g/mol. The average Bonchev–Trinajstić information content (AvgIpc) is 3.03. The minimum Gasteiger partial charge on any atom is -0.355 e. The van der Waals surface area contributed by atoms with Crippen molar-refractivity contribution < 1.29 is 17.2 Å². The van der Waals surface area contributed by atoms with E-state index in [4.69, 9.17) is 0 Å². The Morgan fingerprint density at radius 1 is 0.839 bits per heavy atom. The van der Waals surface area contributed by atoms with E-state index in [1.165, 1.54) is 18.9 Å². The largest absolute Gasteiger partial charge is 0.355 e. The summed E-state index contributed by atoms with van der Waals surface area (Å²) in [5, 5.41) is 8.62. The SMILES string of the molecule is O=S(=O)(Nc1cccc(-c2ccc(N3CCCCCC3)nn2)c1)c1c(F)cccc1F. The standard InChI is InChI=1S/C22H22F2N4O2S/c23-18-9-6-10-19(24)22(18)31(29,30)27-17-8-5-7-16(15-17)20-11-12-21(26-25-20)28-13-3-1-2-4-14-28/h5-12,15,27H,1-4,13-14H2. The predicted molar refractivity (Wildman–Crippen MR) is 115 cm³/mol. The van der Waals surface area contributed by atoms with Gasteiger partial charge in [0.05, 0.1) is 5.69 Å². The minimum absolute atomic E-state index is 0.165. The summed E-state index contributed by atoms with van der Waals surface area (Å²) in [5.41, 5.74) is 1.36. The number of halogens is 2. The third-order valence-corrected chi connectivity index (χ3v) is 6.61. The van der Waals surface area contributed by atoms with Gasteiger partial charge in [0.15, 0.2) is 10.7 Å². The molecular weight excluding hydrogens is 422 g/mol. The molecule has 9 heteroatoms. The second-order valence-electron chi connectivity index (χ2n) is 7.42. The Kier molecular flexibility index (Phi) is 6.13. The number of aromatic nitrogens is 2. The highest BCUT2D eigenvalue weighted by atomic mass is 32.2. The van der Waals surface area contributed by atoms with Gasteiger partial charge in [-0.2, -0.15) is 0 Å². The van der Waals surface area contributed by atoms with Crippen LogP contribution in [0.2, 0.25) is 0 Å². The molecule has 0 bridgehead atoms. The molecule has 3 aromatic rings. The second-order valence-corrected chi connectivity index (χ2v) is 9.03. The molecule has 0 spiro atoms. The van der Waals surface area contributed by atoms with E-state index in [0.717, 1.165) is 49.9 Å². The lowest BCUT2D eigenvalue weighted by atomic mass is 10.1. The van der Waals surface area contributed by atoms with E-state index in [2.05, 4.69) is 19.8 Å². The maximum absolute atomic E-state index is 13.9. The van der Waals surface area contributed by atoms with Gasteiger partial charge in [0.25, 0.3) is 10.0 Å². The van der Waals surface area contributed by atoms with E-state index in [1.807, 2.05) is 12.1 Å². The van der Waals surface area contributed by atoms with E-state index in [1.54, 1.807) is 18.2 Å². The van der Waals surface area contributed by atoms with E-state index in [0.29, 0.717) is 11.3 Å². The van der Waals surface area contributed by atoms with Crippen LogP contribution in [0.25, 0.3) is 11.3 Å². The maximum atomic E-state index is 13.9. The zero-order chi connectivity index (χ0) is 21.8. The van der Waals surface area contributed by atoms with Crippen molar-refractivity contribution in [3.05, 3.63) is 66.2 Å². The van der Waals surface area contributed by atoms with Gasteiger partial charge in [0, 0.05) is 24.3 Å². The van der Waals surface area contributed by atoms with Crippen LogP contribution in [0.4, 0.5) is 20.3 Å². The fourth-order valence-corrected chi connectivity index (χ4v) is 4.82. The van der Waals surface area contributed by atoms with Crippen LogP contribution in [-0.4, -0.2) is 31.7 Å². The molecule has 1 N–H and O–H groups in total. The number of benzene rings is 2. The van der Waals surface area contributed by atoms with Gasteiger partial charge >= 0.3 is 0 Å². The Balaban J connectivity index is 1.56. The molecule has 1 saturated heterocycles. The van der Waals surface area contributed by atoms with Crippen molar-refractivity contribution in [3.63, 3.8) is 0 Å². The molecule has 2 aromatic carbocycles. The molecule has 1 aliphatic heterocycles. The zero-order valence-corrected chi connectivity index (χ0v) is 17.6. The summed E-state index contributed by atoms with van der Waals surface area (Å²) in [5.74, 6) is -1.49. The highest BCUT2D eigenvalue weighted by molar-refractivity contribution is 7.92. The summed E-state index contributed by atoms with van der Waals surface area (Å²) >= 11 is 0. The molecule has 1 aromatic heterocycles. The Labute approximate surface area is 180 Å². The fraction of sp³-hybridized carbons (Fsp3) is 0.273. The van der Waals surface area contributed by atoms with Crippen molar-refractivity contribution in [1.82, 2.24) is 10.2 Å². The number of sulfonamides is 1. The van der Waals surface area contributed by atoms with Gasteiger partial charge in [-0.3, -0.25) is 4.72 Å². The molecule has 31 heavy (non-hydrogen) atoms. The van der Waals surface area contributed by atoms with Crippen LogP contribution in [0, 0.1) is 11.6 Å². The molecule has 0 unspecified atom stereocenters. The molecule has 1 fully saturated rings. The molecule has 0 aliphatic carbocycles. The van der Waals surface area contributed by atoms with E-state index in [9.17, 15) is 17.2 Å². The summed E-state index contributed by atoms with van der Waals surface area (Å²) in [4.78, 5) is 1.21. The zero-order valence-electron chi connectivity index (χ0n) is 16.8. The molecule has 162 valence electrons. The van der Waals surface area contributed by atoms with Crippen molar-refractivity contribution in [1.29, 1.82) is 0 Å². The van der Waals surface area contributed by atoms with Gasteiger partial charge in [0.2, 0.25) is 0 Å². The molecular formula is C22H22F2N4O2S. The molecule has 2 heterocycles. The Morgan fingerprint density at radius 3 is 2.16 bits per heavy atom. The Morgan fingerprint density at radius 2 is 1.52 bits per heavy atom. The summed E-state index contributed by atoms with van der Waals surface area (Å²) in [6.45, 7) is 1.91. The van der Waals surface area contributed by atoms with Crippen molar-refractivity contribution in [2.24, 2.45) is 0 Å². The quantitative estimate of drug-likeness (QED) is 0.622. The normalized spacial score (nSPS) is 14.8. The van der Waals surface area contributed by atoms with Crippen LogP contribution in [0.3, 0.4) is 0 Å². The fourth-order valence-electron chi connectivity index (χ4n) is 3.64. The smallest absolute Gasteiger partial charge is 0.267 e. The average molecular weight is 445 g/mol. The third-order valence-electron chi connectivity index (χ3n) is 5.18. The lowest BCUT2D eigenvalue weighted by Gasteiger charge is -2.20. The highest BCUT2D eigenvalue weighted by Gasteiger charge is 2.24. The first-order chi connectivity index (χ1) is 14.9. The number of hydrogen-bond acceptors (Lipinski definition) is 5. The molecule has 0 atom stereocenters. The van der Waals surface area contributed by atoms with Crippen LogP contribution in [0.1, 0.15) is 25.7 Å². The van der Waals surface area contributed by atoms with Crippen LogP contribution in [0.5, 0.6) is 0 Å². The molecule has 0 saturated carbocycles. The van der Waals surface area contributed by atoms with Gasteiger partial charge in [-0.15, -0.1) is 10.2 Å². The summed E-state index contributed by atoms with van der Waals surface area (Å²) < 4.78 is 55.1. The molecule has 6 nitrogen and oxygen atoms in total. The van der Waals surface area contributed by atoms with Crippen LogP contribution in [0.15, 0.2) is 59.5 Å². The summed E-state index contributed by atoms with van der Waals surface area (Å²) in [6, 6.07) is 13.1. The Hall–Kier alpha value is -3.07. The number of nitrogens with one attached hydrogen (secondary N) is 1. The van der Waals surface area contributed by atoms with Gasteiger partial charge < -0.3 is 4.90 Å². The van der Waals surface area contributed by atoms with Crippen LogP contribution >= 0.6 is 0 Å². The Bertz CT molecular complexity index is 1140. The minimum atomic E-state index is -4.44. The first-order valence-electron chi connectivity index (χ1n) is 10.1. The third kappa shape index (κ3) is 4.82. The first-order valence-corrected chi connectivity index (χ1v) is 11.6. The number of hydrogen-bond donors (Lipinski definition) is 1. The lowest BCUT2D eigenvalue weighted by Crippen LogP contribution is -2.25. The van der Waals surface area contributed by atoms with Crippen LogP contribution < -0.4 is 9.62 Å². The second kappa shape index (κ2) is 8.97. The maximum Gasteiger partial charge on any atom is 0.267 e. The number of rotatable bonds is 5. The summed E-state index contributed by atoms with van der Waals surface area (Å²) in [6.07, 6.45) is 4.71. The van der Waals surface area contributed by atoms with E-state index >= 15 is 0 Å². The van der Waals surface area contributed by atoms with Gasteiger partial charge in [-0.25, -0.2) is 17.2 Å². The van der Waals surface area contributed by atoms with Crippen molar-refractivity contribution in [3.8, 4) is 11.3 Å². The molecule has 0 amide bonds. The van der Waals surface area contributed by atoms with Crippen molar-refractivity contribution >= 4 is 21.5 Å². The van der Waals surface area contributed by atoms with Crippen LogP contribution in [-0.2, 0) is 10.0 Å². The van der Waals surface area contributed by atoms with Gasteiger partial charge in [0.1, 0.15) is 11.6 Å². The topological polar surface area (TPSA) is 75.2 Å². The van der Waals surface area contributed by atoms with Gasteiger partial charge in [-0.05, 0) is 49.2 Å². The number of nitrogens with zero attached hydrogens (tertiary/aromatic N) is 3. The summed E-state index contributed by atoms with van der Waals surface area (Å²) in [7, 11) is -4.44. The highest BCUT2D eigenvalue weighted by Crippen LogP contribution is 2.26. The lowest BCUT2D eigenvalue weighted by molar-refractivity contribution is 0.521. The first kappa shape index (κ1) is 21.2. The van der Waals surface area contributed by atoms with Crippen molar-refractivity contribution in [2.75, 3.05) is 22.7 Å². The predicted octanol–water partition coefficient (Wildman–Crippen LogP) is 4.60. The van der Waals surface area contributed by atoms with Gasteiger partial charge in [-0.1, -0.05) is 31.0 Å². The van der Waals surface area contributed by atoms with Crippen molar-refractivity contribution in [2.45, 2.75) is 30.6 Å². The number of anilines is 2.